The van der Waals surface area contributed by atoms with Crippen molar-refractivity contribution in [2.75, 3.05) is 0 Å². The molecule has 0 saturated heterocycles. The molecule has 2 N–H and O–H groups in total. The molecule has 2 nitrogen and oxygen atoms in total. The lowest BCUT2D eigenvalue weighted by Gasteiger charge is -2.10. The van der Waals surface area contributed by atoms with Crippen molar-refractivity contribution in [2.24, 2.45) is 5.73 Å². The van der Waals surface area contributed by atoms with Gasteiger partial charge in [0.25, 0.3) is 0 Å². The maximum Gasteiger partial charge on any atom is 0.180 e. The first kappa shape index (κ1) is 14.4. The van der Waals surface area contributed by atoms with Crippen LogP contribution in [0.15, 0.2) is 45.3 Å². The first-order valence-electron chi connectivity index (χ1n) is 5.20. The van der Waals surface area contributed by atoms with Gasteiger partial charge in [0.15, 0.2) is 11.6 Å². The maximum atomic E-state index is 14.1. The van der Waals surface area contributed by atoms with Gasteiger partial charge in [0, 0.05) is 10.0 Å². The predicted octanol–water partition coefficient (Wildman–Crippen LogP) is 4.78. The van der Waals surface area contributed by atoms with E-state index in [-0.39, 0.29) is 15.2 Å². The summed E-state index contributed by atoms with van der Waals surface area (Å²) in [5.41, 5.74) is 5.93. The summed E-state index contributed by atoms with van der Waals surface area (Å²) in [5.74, 6) is 0.111. The van der Waals surface area contributed by atoms with Crippen LogP contribution in [0, 0.1) is 5.82 Å². The molecule has 6 heteroatoms. The van der Waals surface area contributed by atoms with E-state index in [1.54, 1.807) is 18.2 Å². The second-order valence-corrected chi connectivity index (χ2v) is 5.81. The van der Waals surface area contributed by atoms with Gasteiger partial charge >= 0.3 is 0 Å². The first-order chi connectivity index (χ1) is 8.99. The first-order valence-corrected chi connectivity index (χ1v) is 7.19. The van der Waals surface area contributed by atoms with Gasteiger partial charge in [0.05, 0.1) is 4.47 Å². The maximum absolute atomic E-state index is 14.1. The van der Waals surface area contributed by atoms with Crippen molar-refractivity contribution in [3.8, 4) is 11.5 Å². The minimum Gasteiger partial charge on any atom is -0.454 e. The number of benzene rings is 2. The number of nitrogens with two attached hydrogens (primary N) is 1. The Bertz CT molecular complexity index is 631. The molecule has 0 aromatic heterocycles. The van der Waals surface area contributed by atoms with Crippen LogP contribution in [0.5, 0.6) is 11.5 Å². The van der Waals surface area contributed by atoms with Crippen molar-refractivity contribution in [1.82, 2.24) is 0 Å². The van der Waals surface area contributed by atoms with Crippen LogP contribution in [0.4, 0.5) is 4.39 Å². The molecule has 0 unspecified atom stereocenters. The molecule has 2 aromatic rings. The zero-order chi connectivity index (χ0) is 14.0. The van der Waals surface area contributed by atoms with Gasteiger partial charge in [0.1, 0.15) is 10.7 Å². The molecular weight excluding hydrogens is 397 g/mol. The smallest absolute Gasteiger partial charge is 0.180 e. The topological polar surface area (TPSA) is 35.2 Å². The van der Waals surface area contributed by atoms with Crippen LogP contribution in [0.25, 0.3) is 0 Å². The van der Waals surface area contributed by atoms with E-state index in [1.165, 1.54) is 6.07 Å². The van der Waals surface area contributed by atoms with Crippen LogP contribution in [0.3, 0.4) is 0 Å². The number of halogens is 3. The van der Waals surface area contributed by atoms with Crippen LogP contribution in [0.1, 0.15) is 5.56 Å². The zero-order valence-corrected chi connectivity index (χ0v) is 13.5. The molecule has 0 atom stereocenters. The van der Waals surface area contributed by atoms with Crippen LogP contribution in [0.2, 0.25) is 0 Å². The lowest BCUT2D eigenvalue weighted by atomic mass is 10.2. The molecule has 0 saturated carbocycles. The molecule has 0 spiro atoms. The monoisotopic (exact) mass is 403 g/mol. The van der Waals surface area contributed by atoms with Crippen LogP contribution < -0.4 is 10.5 Å². The number of rotatable bonds is 3. The summed E-state index contributed by atoms with van der Waals surface area (Å²) in [5, 5.41) is 0. The largest absolute Gasteiger partial charge is 0.454 e. The van der Waals surface area contributed by atoms with Crippen molar-refractivity contribution < 1.29 is 9.13 Å². The lowest BCUT2D eigenvalue weighted by Crippen LogP contribution is -2.11. The Morgan fingerprint density at radius 2 is 1.74 bits per heavy atom. The average Bonchev–Trinajstić information content (AvgIpc) is 2.37. The zero-order valence-electron chi connectivity index (χ0n) is 9.49. The molecule has 0 aliphatic heterocycles. The van der Waals surface area contributed by atoms with Crippen molar-refractivity contribution in [3.63, 3.8) is 0 Å². The molecule has 0 aliphatic rings. The van der Waals surface area contributed by atoms with Crippen molar-refractivity contribution in [1.29, 1.82) is 0 Å². The highest BCUT2D eigenvalue weighted by Gasteiger charge is 2.14. The highest BCUT2D eigenvalue weighted by molar-refractivity contribution is 9.10. The van der Waals surface area contributed by atoms with Gasteiger partial charge in [-0.25, -0.2) is 4.39 Å². The standard InChI is InChI=1S/C13H8Br2FNOS/c14-7-1-3-8(4-2-7)18-10-6-5-9(13(17)19)11(15)12(10)16/h1-6H,(H2,17,19). The Morgan fingerprint density at radius 1 is 1.11 bits per heavy atom. The fraction of sp³-hybridized carbons (Fsp3) is 0. The second kappa shape index (κ2) is 5.98. The van der Waals surface area contributed by atoms with Gasteiger partial charge in [-0.2, -0.15) is 0 Å². The summed E-state index contributed by atoms with van der Waals surface area (Å²) in [7, 11) is 0. The molecule has 2 rings (SSSR count). The summed E-state index contributed by atoms with van der Waals surface area (Å²) >= 11 is 11.3. The van der Waals surface area contributed by atoms with Crippen molar-refractivity contribution >= 4 is 49.1 Å². The van der Waals surface area contributed by atoms with Gasteiger partial charge in [-0.1, -0.05) is 28.1 Å². The Labute approximate surface area is 132 Å². The minimum atomic E-state index is -0.534. The Balaban J connectivity index is 2.34. The second-order valence-electron chi connectivity index (χ2n) is 3.66. The van der Waals surface area contributed by atoms with E-state index in [2.05, 4.69) is 31.9 Å². The van der Waals surface area contributed by atoms with E-state index in [9.17, 15) is 4.39 Å². The van der Waals surface area contributed by atoms with E-state index in [4.69, 9.17) is 22.7 Å². The van der Waals surface area contributed by atoms with Gasteiger partial charge in [-0.05, 0) is 52.3 Å². The fourth-order valence-corrected chi connectivity index (χ4v) is 2.54. The van der Waals surface area contributed by atoms with E-state index in [0.29, 0.717) is 11.3 Å². The minimum absolute atomic E-state index is 0.106. The molecule has 0 bridgehead atoms. The molecule has 2 aromatic carbocycles. The molecular formula is C13H8Br2FNOS. The fourth-order valence-electron chi connectivity index (χ4n) is 1.43. The number of hydrogen-bond acceptors (Lipinski definition) is 2. The summed E-state index contributed by atoms with van der Waals surface area (Å²) in [6.45, 7) is 0. The Morgan fingerprint density at radius 3 is 2.32 bits per heavy atom. The number of hydrogen-bond donors (Lipinski definition) is 1. The average molecular weight is 405 g/mol. The molecule has 0 amide bonds. The van der Waals surface area contributed by atoms with Gasteiger partial charge in [-0.15, -0.1) is 0 Å². The van der Waals surface area contributed by atoms with E-state index >= 15 is 0 Å². The summed E-state index contributed by atoms with van der Waals surface area (Å²) < 4.78 is 20.7. The third kappa shape index (κ3) is 3.32. The SMILES string of the molecule is NC(=S)c1ccc(Oc2ccc(Br)cc2)c(F)c1Br. The van der Waals surface area contributed by atoms with E-state index in [0.717, 1.165) is 4.47 Å². The van der Waals surface area contributed by atoms with E-state index < -0.39 is 5.82 Å². The third-order valence-corrected chi connectivity index (χ3v) is 3.88. The predicted molar refractivity (Wildman–Crippen MR) is 84.2 cm³/mol. The van der Waals surface area contributed by atoms with Crippen LogP contribution in [-0.2, 0) is 0 Å². The van der Waals surface area contributed by atoms with Crippen LogP contribution >= 0.6 is 44.1 Å². The number of ether oxygens (including phenoxy) is 1. The highest BCUT2D eigenvalue weighted by Crippen LogP contribution is 2.32. The summed E-state index contributed by atoms with van der Waals surface area (Å²) in [6.07, 6.45) is 0. The van der Waals surface area contributed by atoms with Gasteiger partial charge < -0.3 is 10.5 Å². The molecule has 98 valence electrons. The van der Waals surface area contributed by atoms with Crippen LogP contribution in [-0.4, -0.2) is 4.99 Å². The highest BCUT2D eigenvalue weighted by atomic mass is 79.9. The lowest BCUT2D eigenvalue weighted by molar-refractivity contribution is 0.440. The third-order valence-electron chi connectivity index (χ3n) is 2.35. The molecule has 0 heterocycles. The number of thiocarbonyl (C=S) groups is 1. The van der Waals surface area contributed by atoms with E-state index in [1.807, 2.05) is 12.1 Å². The van der Waals surface area contributed by atoms with Gasteiger partial charge in [-0.3, -0.25) is 0 Å². The quantitative estimate of drug-likeness (QED) is 0.747. The Hall–Kier alpha value is -0.980. The van der Waals surface area contributed by atoms with Crippen molar-refractivity contribution in [2.45, 2.75) is 0 Å². The molecule has 0 radical (unpaired) electrons. The Kier molecular flexibility index (Phi) is 4.54. The van der Waals surface area contributed by atoms with Gasteiger partial charge in [0.2, 0.25) is 0 Å². The molecule has 0 aliphatic carbocycles. The molecule has 0 fully saturated rings. The summed E-state index contributed by atoms with van der Waals surface area (Å²) in [4.78, 5) is 0.126. The molecule has 19 heavy (non-hydrogen) atoms. The normalized spacial score (nSPS) is 10.3. The van der Waals surface area contributed by atoms with Crippen molar-refractivity contribution in [3.05, 3.63) is 56.7 Å². The summed E-state index contributed by atoms with van der Waals surface area (Å²) in [6, 6.07) is 10.2.